The molecular weight excluding hydrogens is 254 g/mol. The molecule has 0 N–H and O–H groups in total. The average Bonchev–Trinajstić information content (AvgIpc) is 2.88. The van der Waals surface area contributed by atoms with Crippen LogP contribution in [-0.2, 0) is 13.0 Å². The second-order valence-corrected chi connectivity index (χ2v) is 4.67. The highest BCUT2D eigenvalue weighted by atomic mass is 16.5. The van der Waals surface area contributed by atoms with Crippen LogP contribution in [0, 0.1) is 0 Å². The van der Waals surface area contributed by atoms with Crippen LogP contribution in [-0.4, -0.2) is 17.9 Å². The van der Waals surface area contributed by atoms with Crippen LogP contribution in [0.25, 0.3) is 0 Å². The summed E-state index contributed by atoms with van der Waals surface area (Å²) in [5.74, 6) is 1.54. The predicted octanol–water partition coefficient (Wildman–Crippen LogP) is 2.80. The first-order valence-corrected chi connectivity index (χ1v) is 6.56. The topological polar surface area (TPSA) is 48.4 Å². The Bertz CT molecular complexity index is 652. The third-order valence-electron chi connectivity index (χ3n) is 3.40. The minimum Gasteiger partial charge on any atom is -0.487 e. The van der Waals surface area contributed by atoms with Crippen molar-refractivity contribution in [2.45, 2.75) is 19.4 Å². The number of aromatic nitrogens is 1. The normalized spacial score (nSPS) is 13.2. The minimum atomic E-state index is 0.199. The Morgan fingerprint density at radius 1 is 1.15 bits per heavy atom. The molecule has 0 atom stereocenters. The highest BCUT2D eigenvalue weighted by molar-refractivity contribution is 6.01. The lowest BCUT2D eigenvalue weighted by atomic mass is 10.1. The van der Waals surface area contributed by atoms with Crippen LogP contribution in [0.15, 0.2) is 36.4 Å². The van der Waals surface area contributed by atoms with Gasteiger partial charge in [0.1, 0.15) is 12.4 Å². The molecule has 0 saturated carbocycles. The van der Waals surface area contributed by atoms with Crippen LogP contribution >= 0.6 is 0 Å². The zero-order chi connectivity index (χ0) is 13.9. The van der Waals surface area contributed by atoms with Crippen molar-refractivity contribution in [1.29, 1.82) is 0 Å². The van der Waals surface area contributed by atoms with Gasteiger partial charge in [-0.1, -0.05) is 18.2 Å². The fourth-order valence-electron chi connectivity index (χ4n) is 2.40. The summed E-state index contributed by atoms with van der Waals surface area (Å²) in [7, 11) is 1.59. The van der Waals surface area contributed by atoms with Crippen LogP contribution in [0.2, 0.25) is 0 Å². The monoisotopic (exact) mass is 269 g/mol. The van der Waals surface area contributed by atoms with Crippen molar-refractivity contribution in [2.75, 3.05) is 7.11 Å². The minimum absolute atomic E-state index is 0.199. The van der Waals surface area contributed by atoms with Crippen molar-refractivity contribution in [3.8, 4) is 11.6 Å². The van der Waals surface area contributed by atoms with E-state index in [1.807, 2.05) is 30.3 Å². The number of benzene rings is 1. The maximum atomic E-state index is 11.7. The lowest BCUT2D eigenvalue weighted by Crippen LogP contribution is -2.01. The van der Waals surface area contributed by atoms with Crippen LogP contribution in [0.1, 0.15) is 28.0 Å². The van der Waals surface area contributed by atoms with Gasteiger partial charge in [0.25, 0.3) is 0 Å². The molecule has 0 aliphatic heterocycles. The second kappa shape index (κ2) is 5.33. The first kappa shape index (κ1) is 12.7. The van der Waals surface area contributed by atoms with Crippen molar-refractivity contribution in [1.82, 2.24) is 4.98 Å². The summed E-state index contributed by atoms with van der Waals surface area (Å²) in [5.41, 5.74) is 2.60. The van der Waals surface area contributed by atoms with Gasteiger partial charge in [-0.3, -0.25) is 4.79 Å². The summed E-state index contributed by atoms with van der Waals surface area (Å²) in [5, 5.41) is 0. The van der Waals surface area contributed by atoms with Crippen molar-refractivity contribution >= 4 is 5.78 Å². The van der Waals surface area contributed by atoms with Gasteiger partial charge in [-0.05, 0) is 18.6 Å². The maximum absolute atomic E-state index is 11.7. The number of carbonyl (C=O) groups is 1. The van der Waals surface area contributed by atoms with E-state index >= 15 is 0 Å². The van der Waals surface area contributed by atoms with E-state index in [-0.39, 0.29) is 5.78 Å². The molecule has 0 fully saturated rings. The number of Topliss-reactive ketones (excluding diaryl/α,β-unsaturated/α-hetero) is 1. The van der Waals surface area contributed by atoms with Gasteiger partial charge in [0, 0.05) is 23.6 Å². The fourth-order valence-corrected chi connectivity index (χ4v) is 2.40. The summed E-state index contributed by atoms with van der Waals surface area (Å²) < 4.78 is 10.9. The molecule has 0 unspecified atom stereocenters. The summed E-state index contributed by atoms with van der Waals surface area (Å²) in [6, 6.07) is 11.2. The molecule has 20 heavy (non-hydrogen) atoms. The molecule has 4 nitrogen and oxygen atoms in total. The molecule has 1 aliphatic rings. The molecule has 1 aliphatic carbocycles. The summed E-state index contributed by atoms with van der Waals surface area (Å²) in [4.78, 5) is 16.0. The number of ketones is 1. The first-order valence-electron chi connectivity index (χ1n) is 6.56. The third kappa shape index (κ3) is 2.37. The van der Waals surface area contributed by atoms with E-state index in [4.69, 9.17) is 9.47 Å². The molecule has 3 rings (SSSR count). The third-order valence-corrected chi connectivity index (χ3v) is 3.40. The molecule has 102 valence electrons. The Morgan fingerprint density at radius 2 is 2.00 bits per heavy atom. The van der Waals surface area contributed by atoms with Crippen molar-refractivity contribution in [2.24, 2.45) is 0 Å². The van der Waals surface area contributed by atoms with Gasteiger partial charge < -0.3 is 9.47 Å². The number of nitrogens with zero attached hydrogens (tertiary/aromatic N) is 1. The molecule has 0 saturated heterocycles. The standard InChI is InChI=1S/C16H15NO3/c1-19-16-7-2-4-11(17-16)10-20-15-6-3-5-12-13(15)8-9-14(12)18/h2-7H,8-10H2,1H3. The number of carbonyl (C=O) groups excluding carboxylic acids is 1. The molecule has 0 radical (unpaired) electrons. The van der Waals surface area contributed by atoms with E-state index in [9.17, 15) is 4.79 Å². The molecule has 0 bridgehead atoms. The van der Waals surface area contributed by atoms with Gasteiger partial charge in [0.2, 0.25) is 5.88 Å². The average molecular weight is 269 g/mol. The Labute approximate surface area is 117 Å². The van der Waals surface area contributed by atoms with Crippen LogP contribution < -0.4 is 9.47 Å². The second-order valence-electron chi connectivity index (χ2n) is 4.67. The SMILES string of the molecule is COc1cccc(COc2cccc3c2CCC3=O)n1. The Kier molecular flexibility index (Phi) is 3.37. The van der Waals surface area contributed by atoms with Gasteiger partial charge in [-0.2, -0.15) is 0 Å². The molecule has 0 spiro atoms. The molecule has 1 heterocycles. The van der Waals surface area contributed by atoms with E-state index in [2.05, 4.69) is 4.98 Å². The first-order chi connectivity index (χ1) is 9.78. The van der Waals surface area contributed by atoms with Crippen LogP contribution in [0.4, 0.5) is 0 Å². The van der Waals surface area contributed by atoms with Crippen molar-refractivity contribution < 1.29 is 14.3 Å². The largest absolute Gasteiger partial charge is 0.487 e. The Balaban J connectivity index is 1.77. The van der Waals surface area contributed by atoms with Crippen molar-refractivity contribution in [3.05, 3.63) is 53.2 Å². The molecular formula is C16H15NO3. The zero-order valence-corrected chi connectivity index (χ0v) is 11.3. The number of fused-ring (bicyclic) bond motifs is 1. The lowest BCUT2D eigenvalue weighted by molar-refractivity contribution is 0.0994. The van der Waals surface area contributed by atoms with Gasteiger partial charge >= 0.3 is 0 Å². The predicted molar refractivity (Wildman–Crippen MR) is 74.2 cm³/mol. The smallest absolute Gasteiger partial charge is 0.213 e. The van der Waals surface area contributed by atoms with E-state index in [1.165, 1.54) is 0 Å². The van der Waals surface area contributed by atoms with Gasteiger partial charge in [0.15, 0.2) is 5.78 Å². The number of hydrogen-bond donors (Lipinski definition) is 0. The Morgan fingerprint density at radius 3 is 2.85 bits per heavy atom. The lowest BCUT2D eigenvalue weighted by Gasteiger charge is -2.10. The van der Waals surface area contributed by atoms with Gasteiger partial charge in [-0.15, -0.1) is 0 Å². The van der Waals surface area contributed by atoms with Crippen LogP contribution in [0.5, 0.6) is 11.6 Å². The maximum Gasteiger partial charge on any atom is 0.213 e. The number of methoxy groups -OCH3 is 1. The molecule has 1 aromatic heterocycles. The highest BCUT2D eigenvalue weighted by Crippen LogP contribution is 2.30. The molecule has 1 aromatic carbocycles. The number of ether oxygens (including phenoxy) is 2. The number of rotatable bonds is 4. The van der Waals surface area contributed by atoms with Crippen LogP contribution in [0.3, 0.4) is 0 Å². The van der Waals surface area contributed by atoms with E-state index in [0.29, 0.717) is 18.9 Å². The summed E-state index contributed by atoms with van der Waals surface area (Å²) in [6.07, 6.45) is 1.34. The zero-order valence-electron chi connectivity index (χ0n) is 11.3. The van der Waals surface area contributed by atoms with E-state index < -0.39 is 0 Å². The fraction of sp³-hybridized carbons (Fsp3) is 0.250. The van der Waals surface area contributed by atoms with Gasteiger partial charge in [0.05, 0.1) is 12.8 Å². The van der Waals surface area contributed by atoms with E-state index in [0.717, 1.165) is 29.0 Å². The molecule has 4 heteroatoms. The molecule has 2 aromatic rings. The Hall–Kier alpha value is -2.36. The van der Waals surface area contributed by atoms with E-state index in [1.54, 1.807) is 13.2 Å². The molecule has 0 amide bonds. The highest BCUT2D eigenvalue weighted by Gasteiger charge is 2.22. The number of pyridine rings is 1. The van der Waals surface area contributed by atoms with Crippen molar-refractivity contribution in [3.63, 3.8) is 0 Å². The number of hydrogen-bond acceptors (Lipinski definition) is 4. The van der Waals surface area contributed by atoms with Gasteiger partial charge in [-0.25, -0.2) is 4.98 Å². The summed E-state index contributed by atoms with van der Waals surface area (Å²) in [6.45, 7) is 0.363. The quantitative estimate of drug-likeness (QED) is 0.856. The summed E-state index contributed by atoms with van der Waals surface area (Å²) >= 11 is 0.